The maximum atomic E-state index is 8.43. The molecule has 0 aromatic rings. The molecule has 0 amide bonds. The normalized spacial score (nSPS) is 12.5. The molecule has 0 aromatic carbocycles. The van der Waals surface area contributed by atoms with Gasteiger partial charge in [-0.05, 0) is 13.8 Å². The van der Waals surface area contributed by atoms with Crippen molar-refractivity contribution in [3.05, 3.63) is 0 Å². The summed E-state index contributed by atoms with van der Waals surface area (Å²) in [5.41, 5.74) is 0. The van der Waals surface area contributed by atoms with Crippen LogP contribution in [0, 0.1) is 0 Å². The minimum atomic E-state index is -0.826. The number of halogens is 2. The maximum absolute atomic E-state index is 8.43. The molecule has 15 heavy (non-hydrogen) atoms. The predicted octanol–water partition coefficient (Wildman–Crippen LogP) is 1.40. The average Bonchev–Trinajstić information content (AvgIpc) is 2.05. The van der Waals surface area contributed by atoms with Gasteiger partial charge in [0.2, 0.25) is 0 Å². The zero-order valence-corrected chi connectivity index (χ0v) is 13.5. The summed E-state index contributed by atoms with van der Waals surface area (Å²) in [6.45, 7) is 4.23. The molecule has 7 heteroatoms. The summed E-state index contributed by atoms with van der Waals surface area (Å²) in [7, 11) is 13.0. The second-order valence-electron chi connectivity index (χ2n) is 2.68. The van der Waals surface area contributed by atoms with Crippen LogP contribution < -0.4 is 0 Å². The number of rotatable bonds is 4. The van der Waals surface area contributed by atoms with E-state index in [1.165, 1.54) is 0 Å². The topological polar surface area (TPSA) is 58.9 Å². The number of ether oxygens (including phenoxy) is 2. The van der Waals surface area contributed by atoms with Crippen LogP contribution in [0.1, 0.15) is 13.8 Å². The van der Waals surface area contributed by atoms with Gasteiger partial charge in [0.15, 0.2) is 0 Å². The third-order valence-corrected chi connectivity index (χ3v) is 0.816. The van der Waals surface area contributed by atoms with E-state index < -0.39 is 20.8 Å². The van der Waals surface area contributed by atoms with E-state index in [-0.39, 0.29) is 12.2 Å². The van der Waals surface area contributed by atoms with Crippen molar-refractivity contribution in [2.75, 3.05) is 27.4 Å². The van der Waals surface area contributed by atoms with Crippen LogP contribution >= 0.6 is 17.0 Å². The van der Waals surface area contributed by atoms with Gasteiger partial charge in [-0.15, -0.1) is 0 Å². The summed E-state index contributed by atoms with van der Waals surface area (Å²) in [4.78, 5) is 0. The van der Waals surface area contributed by atoms with Gasteiger partial charge in [0, 0.05) is 14.2 Å². The van der Waals surface area contributed by atoms with E-state index in [1.807, 2.05) is 0 Å². The summed E-state index contributed by atoms with van der Waals surface area (Å²) in [6.07, 6.45) is -0.648. The Hall–Kier alpha value is 1.30. The second-order valence-corrected chi connectivity index (χ2v) is 6.41. The predicted molar refractivity (Wildman–Crippen MR) is 58.8 cm³/mol. The molecule has 94 valence electrons. The minimum absolute atomic E-state index is 0.324. The van der Waals surface area contributed by atoms with Gasteiger partial charge in [0.1, 0.15) is 0 Å². The molecule has 0 aliphatic carbocycles. The first-order valence-electron chi connectivity index (χ1n) is 4.26. The molecule has 0 saturated carbocycles. The summed E-state index contributed by atoms with van der Waals surface area (Å²) >= 11 is -0.826. The first-order chi connectivity index (χ1) is 6.95. The van der Waals surface area contributed by atoms with Crippen molar-refractivity contribution in [2.24, 2.45) is 0 Å². The van der Waals surface area contributed by atoms with Crippen molar-refractivity contribution in [1.29, 1.82) is 0 Å². The van der Waals surface area contributed by atoms with Gasteiger partial charge in [-0.3, -0.25) is 0 Å². The van der Waals surface area contributed by atoms with Crippen molar-refractivity contribution in [2.45, 2.75) is 26.1 Å². The number of methoxy groups -OCH3 is 2. The van der Waals surface area contributed by atoms with Gasteiger partial charge >= 0.3 is 37.9 Å². The van der Waals surface area contributed by atoms with Gasteiger partial charge in [-0.25, -0.2) is 0 Å². The van der Waals surface area contributed by atoms with Crippen molar-refractivity contribution in [3.63, 3.8) is 0 Å². The summed E-state index contributed by atoms with van der Waals surface area (Å²) in [5.74, 6) is 0. The molecule has 0 heterocycles. The molecule has 0 aromatic heterocycles. The Morgan fingerprint density at radius 1 is 1.00 bits per heavy atom. The third-order valence-electron chi connectivity index (χ3n) is 0.816. The molecule has 0 rings (SSSR count). The molecule has 0 spiro atoms. The van der Waals surface area contributed by atoms with Crippen LogP contribution in [0.5, 0.6) is 0 Å². The fraction of sp³-hybridized carbons (Fsp3) is 1.00. The Labute approximate surface area is 111 Å². The fourth-order valence-electron chi connectivity index (χ4n) is 0.482. The van der Waals surface area contributed by atoms with Crippen LogP contribution in [0.2, 0.25) is 0 Å². The van der Waals surface area contributed by atoms with Gasteiger partial charge in [0.25, 0.3) is 0 Å². The van der Waals surface area contributed by atoms with Gasteiger partial charge in [-0.2, -0.15) is 0 Å². The Bertz CT molecular complexity index is 86.7. The number of hydrogen-bond donors (Lipinski definition) is 2. The first kappa shape index (κ1) is 21.6. The van der Waals surface area contributed by atoms with Gasteiger partial charge in [0.05, 0.1) is 25.4 Å². The van der Waals surface area contributed by atoms with E-state index in [2.05, 4.69) is 9.47 Å². The van der Waals surface area contributed by atoms with Crippen LogP contribution in [-0.4, -0.2) is 49.9 Å². The van der Waals surface area contributed by atoms with Crippen molar-refractivity contribution < 1.29 is 40.5 Å². The summed E-state index contributed by atoms with van der Waals surface area (Å²) in [5, 5.41) is 16.9. The molecular weight excluding hydrogens is 322 g/mol. The second kappa shape index (κ2) is 20.7. The Morgan fingerprint density at radius 2 is 1.20 bits per heavy atom. The number of aliphatic hydroxyl groups is 2. The molecule has 0 saturated heterocycles. The molecular formula is C8H20Cl2O4Zr. The van der Waals surface area contributed by atoms with Crippen LogP contribution in [-0.2, 0) is 30.3 Å². The van der Waals surface area contributed by atoms with E-state index in [9.17, 15) is 0 Å². The molecule has 2 unspecified atom stereocenters. The van der Waals surface area contributed by atoms with E-state index in [0.29, 0.717) is 13.2 Å². The standard InChI is InChI=1S/2C4H10O2.2ClH.Zr/c2*1-4(5)3-6-2;;;/h2*4-5H,3H2,1-2H3;2*1H;/q;;;;+2/p-2. The quantitative estimate of drug-likeness (QED) is 0.811. The Morgan fingerprint density at radius 3 is 1.20 bits per heavy atom. The number of hydrogen-bond acceptors (Lipinski definition) is 4. The van der Waals surface area contributed by atoms with Crippen LogP contribution in [0.15, 0.2) is 0 Å². The Kier molecular flexibility index (Phi) is 29.7. The average molecular weight is 342 g/mol. The van der Waals surface area contributed by atoms with E-state index in [0.717, 1.165) is 0 Å². The molecule has 0 bridgehead atoms. The van der Waals surface area contributed by atoms with Crippen LogP contribution in [0.4, 0.5) is 0 Å². The summed E-state index contributed by atoms with van der Waals surface area (Å²) < 4.78 is 9.11. The SMILES string of the molecule is COCC(C)O.COCC(C)O.[Cl][Zr][Cl]. The van der Waals surface area contributed by atoms with Gasteiger partial charge in [-0.1, -0.05) is 0 Å². The number of aliphatic hydroxyl groups excluding tert-OH is 2. The Balaban J connectivity index is -0.000000153. The molecule has 0 radical (unpaired) electrons. The monoisotopic (exact) mass is 340 g/mol. The molecule has 2 N–H and O–H groups in total. The van der Waals surface area contributed by atoms with Crippen LogP contribution in [0.3, 0.4) is 0 Å². The van der Waals surface area contributed by atoms with Gasteiger partial charge < -0.3 is 19.7 Å². The first-order valence-corrected chi connectivity index (χ1v) is 10.6. The van der Waals surface area contributed by atoms with Crippen LogP contribution in [0.25, 0.3) is 0 Å². The molecule has 0 fully saturated rings. The molecule has 0 aliphatic heterocycles. The molecule has 0 aliphatic rings. The summed E-state index contributed by atoms with van der Waals surface area (Å²) in [6, 6.07) is 0. The fourth-order valence-corrected chi connectivity index (χ4v) is 0.482. The molecule has 2 atom stereocenters. The van der Waals surface area contributed by atoms with E-state index >= 15 is 0 Å². The van der Waals surface area contributed by atoms with Crippen molar-refractivity contribution >= 4 is 17.0 Å². The van der Waals surface area contributed by atoms with E-state index in [4.69, 9.17) is 27.2 Å². The zero-order valence-electron chi connectivity index (χ0n) is 9.54. The molecule has 4 nitrogen and oxygen atoms in total. The van der Waals surface area contributed by atoms with Crippen molar-refractivity contribution in [1.82, 2.24) is 0 Å². The zero-order chi connectivity index (χ0) is 12.7. The van der Waals surface area contributed by atoms with E-state index in [1.54, 1.807) is 28.1 Å². The van der Waals surface area contributed by atoms with Crippen molar-refractivity contribution in [3.8, 4) is 0 Å². The third kappa shape index (κ3) is 50.8.